The summed E-state index contributed by atoms with van der Waals surface area (Å²) in [5, 5.41) is 3.65. The first-order valence-electron chi connectivity index (χ1n) is 5.33. The lowest BCUT2D eigenvalue weighted by Gasteiger charge is -2.08. The normalized spacial score (nSPS) is 11.5. The SMILES string of the molecule is Cc1ccc(OCc2noc(C)n2)c(S(=O)(=O)Cl)c1. The molecule has 1 aromatic heterocycles. The summed E-state index contributed by atoms with van der Waals surface area (Å²) in [5.74, 6) is 0.895. The topological polar surface area (TPSA) is 82.3 Å². The van der Waals surface area contributed by atoms with Gasteiger partial charge in [-0.3, -0.25) is 0 Å². The average Bonchev–Trinajstić information content (AvgIpc) is 2.72. The van der Waals surface area contributed by atoms with Crippen molar-refractivity contribution in [3.8, 4) is 5.75 Å². The van der Waals surface area contributed by atoms with Gasteiger partial charge in [-0.15, -0.1) is 0 Å². The third-order valence-corrected chi connectivity index (χ3v) is 3.63. The third-order valence-electron chi connectivity index (χ3n) is 2.29. The first-order chi connectivity index (χ1) is 8.86. The molecule has 1 aromatic carbocycles. The molecule has 0 radical (unpaired) electrons. The highest BCUT2D eigenvalue weighted by Crippen LogP contribution is 2.28. The van der Waals surface area contributed by atoms with Crippen LogP contribution in [0.5, 0.6) is 5.75 Å². The second kappa shape index (κ2) is 5.18. The Balaban J connectivity index is 2.25. The standard InChI is InChI=1S/C11H11ClN2O4S/c1-7-3-4-9(10(5-7)19(12,15)16)17-6-11-13-8(2)18-14-11/h3-5H,6H2,1-2H3. The Labute approximate surface area is 114 Å². The van der Waals surface area contributed by atoms with Crippen LogP contribution in [-0.2, 0) is 15.7 Å². The highest BCUT2D eigenvalue weighted by molar-refractivity contribution is 8.13. The molecule has 0 bridgehead atoms. The van der Waals surface area contributed by atoms with Crippen molar-refractivity contribution in [1.29, 1.82) is 0 Å². The number of rotatable bonds is 4. The van der Waals surface area contributed by atoms with Crippen molar-refractivity contribution in [2.24, 2.45) is 0 Å². The first kappa shape index (κ1) is 13.8. The van der Waals surface area contributed by atoms with E-state index in [0.29, 0.717) is 11.7 Å². The van der Waals surface area contributed by atoms with E-state index in [1.165, 1.54) is 12.1 Å². The Morgan fingerprint density at radius 3 is 2.68 bits per heavy atom. The maximum atomic E-state index is 11.5. The molecule has 0 aliphatic heterocycles. The minimum absolute atomic E-state index is 0.000189. The third kappa shape index (κ3) is 3.45. The quantitative estimate of drug-likeness (QED) is 0.805. The molecule has 19 heavy (non-hydrogen) atoms. The van der Waals surface area contributed by atoms with Crippen LogP contribution >= 0.6 is 10.7 Å². The number of hydrogen-bond acceptors (Lipinski definition) is 6. The number of aryl methyl sites for hydroxylation is 2. The summed E-state index contributed by atoms with van der Waals surface area (Å²) >= 11 is 0. The van der Waals surface area contributed by atoms with E-state index in [1.54, 1.807) is 19.9 Å². The predicted octanol–water partition coefficient (Wildman–Crippen LogP) is 2.19. The lowest BCUT2D eigenvalue weighted by Crippen LogP contribution is -2.02. The fourth-order valence-electron chi connectivity index (χ4n) is 1.47. The van der Waals surface area contributed by atoms with E-state index < -0.39 is 9.05 Å². The summed E-state index contributed by atoms with van der Waals surface area (Å²) in [4.78, 5) is 3.88. The van der Waals surface area contributed by atoms with Crippen LogP contribution in [0, 0.1) is 13.8 Å². The van der Waals surface area contributed by atoms with Crippen molar-refractivity contribution >= 4 is 19.7 Å². The van der Waals surface area contributed by atoms with Crippen LogP contribution < -0.4 is 4.74 Å². The molecule has 2 aromatic rings. The van der Waals surface area contributed by atoms with E-state index >= 15 is 0 Å². The molecule has 0 saturated carbocycles. The van der Waals surface area contributed by atoms with Gasteiger partial charge in [-0.1, -0.05) is 11.2 Å². The van der Waals surface area contributed by atoms with Crippen LogP contribution in [0.3, 0.4) is 0 Å². The van der Waals surface area contributed by atoms with Crippen molar-refractivity contribution in [1.82, 2.24) is 10.1 Å². The first-order valence-corrected chi connectivity index (χ1v) is 7.64. The Morgan fingerprint density at radius 2 is 2.11 bits per heavy atom. The van der Waals surface area contributed by atoms with Crippen molar-refractivity contribution in [3.05, 3.63) is 35.5 Å². The van der Waals surface area contributed by atoms with E-state index in [4.69, 9.17) is 19.9 Å². The maximum absolute atomic E-state index is 11.5. The summed E-state index contributed by atoms with van der Waals surface area (Å²) < 4.78 is 33.1. The molecule has 0 unspecified atom stereocenters. The van der Waals surface area contributed by atoms with Crippen molar-refractivity contribution < 1.29 is 17.7 Å². The zero-order valence-electron chi connectivity index (χ0n) is 10.3. The smallest absolute Gasteiger partial charge is 0.264 e. The maximum Gasteiger partial charge on any atom is 0.264 e. The van der Waals surface area contributed by atoms with Crippen LogP contribution in [0.4, 0.5) is 0 Å². The van der Waals surface area contributed by atoms with Crippen LogP contribution in [0.15, 0.2) is 27.6 Å². The second-order valence-electron chi connectivity index (χ2n) is 3.91. The fraction of sp³-hybridized carbons (Fsp3) is 0.273. The molecule has 0 saturated heterocycles. The van der Waals surface area contributed by atoms with Gasteiger partial charge in [-0.25, -0.2) is 8.42 Å². The van der Waals surface area contributed by atoms with Gasteiger partial charge in [-0.05, 0) is 24.6 Å². The van der Waals surface area contributed by atoms with Gasteiger partial charge < -0.3 is 9.26 Å². The van der Waals surface area contributed by atoms with Crippen LogP contribution in [0.2, 0.25) is 0 Å². The highest BCUT2D eigenvalue weighted by Gasteiger charge is 2.17. The molecule has 0 aliphatic carbocycles. The predicted molar refractivity (Wildman–Crippen MR) is 67.6 cm³/mol. The number of nitrogens with zero attached hydrogens (tertiary/aromatic N) is 2. The molecule has 0 fully saturated rings. The van der Waals surface area contributed by atoms with Gasteiger partial charge >= 0.3 is 0 Å². The number of benzene rings is 1. The number of hydrogen-bond donors (Lipinski definition) is 0. The Hall–Kier alpha value is -1.60. The highest BCUT2D eigenvalue weighted by atomic mass is 35.7. The van der Waals surface area contributed by atoms with Crippen molar-refractivity contribution in [2.75, 3.05) is 0 Å². The zero-order valence-corrected chi connectivity index (χ0v) is 11.8. The van der Waals surface area contributed by atoms with E-state index in [2.05, 4.69) is 10.1 Å². The number of aromatic nitrogens is 2. The van der Waals surface area contributed by atoms with Gasteiger partial charge in [0.1, 0.15) is 10.6 Å². The molecular formula is C11H11ClN2O4S. The average molecular weight is 303 g/mol. The largest absolute Gasteiger partial charge is 0.484 e. The van der Waals surface area contributed by atoms with E-state index in [0.717, 1.165) is 5.56 Å². The summed E-state index contributed by atoms with van der Waals surface area (Å²) in [5.41, 5.74) is 0.766. The molecular weight excluding hydrogens is 292 g/mol. The molecule has 0 spiro atoms. The Morgan fingerprint density at radius 1 is 1.37 bits per heavy atom. The fourth-order valence-corrected chi connectivity index (χ4v) is 2.52. The molecule has 0 aliphatic rings. The van der Waals surface area contributed by atoms with Gasteiger partial charge in [0.2, 0.25) is 11.7 Å². The molecule has 2 rings (SSSR count). The monoisotopic (exact) mass is 302 g/mol. The van der Waals surface area contributed by atoms with Gasteiger partial charge in [-0.2, -0.15) is 4.98 Å². The van der Waals surface area contributed by atoms with E-state index in [9.17, 15) is 8.42 Å². The van der Waals surface area contributed by atoms with Gasteiger partial charge in [0.25, 0.3) is 9.05 Å². The van der Waals surface area contributed by atoms with Gasteiger partial charge in [0.15, 0.2) is 6.61 Å². The summed E-state index contributed by atoms with van der Waals surface area (Å²) in [6.45, 7) is 3.41. The van der Waals surface area contributed by atoms with Gasteiger partial charge in [0, 0.05) is 17.6 Å². The van der Waals surface area contributed by atoms with Crippen LogP contribution in [0.25, 0.3) is 0 Å². The minimum atomic E-state index is -3.87. The van der Waals surface area contributed by atoms with Crippen LogP contribution in [0.1, 0.15) is 17.3 Å². The second-order valence-corrected chi connectivity index (χ2v) is 6.44. The van der Waals surface area contributed by atoms with Gasteiger partial charge in [0.05, 0.1) is 0 Å². The lowest BCUT2D eigenvalue weighted by atomic mass is 10.2. The minimum Gasteiger partial charge on any atom is -0.484 e. The molecule has 102 valence electrons. The molecule has 1 heterocycles. The Bertz CT molecular complexity index is 696. The van der Waals surface area contributed by atoms with Crippen LogP contribution in [-0.4, -0.2) is 18.6 Å². The Kier molecular flexibility index (Phi) is 3.77. The molecule has 0 N–H and O–H groups in total. The molecule has 0 atom stereocenters. The molecule has 0 amide bonds. The summed E-state index contributed by atoms with van der Waals surface area (Å²) in [6, 6.07) is 4.71. The molecule has 8 heteroatoms. The molecule has 6 nitrogen and oxygen atoms in total. The zero-order chi connectivity index (χ0) is 14.0. The van der Waals surface area contributed by atoms with E-state index in [-0.39, 0.29) is 17.3 Å². The number of ether oxygens (including phenoxy) is 1. The summed E-state index contributed by atoms with van der Waals surface area (Å²) in [7, 11) is 1.49. The summed E-state index contributed by atoms with van der Waals surface area (Å²) in [6.07, 6.45) is 0. The lowest BCUT2D eigenvalue weighted by molar-refractivity contribution is 0.279. The van der Waals surface area contributed by atoms with E-state index in [1.807, 2.05) is 0 Å². The van der Waals surface area contributed by atoms with Crippen molar-refractivity contribution in [2.45, 2.75) is 25.3 Å². The number of halogens is 1. The van der Waals surface area contributed by atoms with Crippen molar-refractivity contribution in [3.63, 3.8) is 0 Å².